The molecule has 0 aliphatic rings. The molecule has 0 bridgehead atoms. The molecule has 0 radical (unpaired) electrons. The number of para-hydroxylation sites is 1. The van der Waals surface area contributed by atoms with Crippen LogP contribution in [0.2, 0.25) is 0 Å². The fourth-order valence-electron chi connectivity index (χ4n) is 1.96. The van der Waals surface area contributed by atoms with Gasteiger partial charge in [0, 0.05) is 11.1 Å². The standard InChI is InChI=1S/C15H20N4O/c1-5-10-8-6-7-9-11(10)16-14-17-13(20)12(18-19-14)15(2,3)4/h6-9H,5H2,1-4H3,(H2,16,17,19,20). The number of aryl methyl sites for hydroxylation is 1. The number of nitrogens with zero attached hydrogens (tertiary/aromatic N) is 2. The number of benzene rings is 1. The summed E-state index contributed by atoms with van der Waals surface area (Å²) in [5, 5.41) is 11.2. The van der Waals surface area contributed by atoms with Gasteiger partial charge >= 0.3 is 0 Å². The molecule has 0 saturated heterocycles. The van der Waals surface area contributed by atoms with E-state index < -0.39 is 0 Å². The molecule has 0 fully saturated rings. The van der Waals surface area contributed by atoms with Crippen LogP contribution in [0.3, 0.4) is 0 Å². The molecule has 2 rings (SSSR count). The maximum atomic E-state index is 12.0. The van der Waals surface area contributed by atoms with E-state index in [1.165, 1.54) is 0 Å². The van der Waals surface area contributed by atoms with Crippen LogP contribution in [0.1, 0.15) is 39.0 Å². The van der Waals surface area contributed by atoms with Crippen LogP contribution in [0, 0.1) is 0 Å². The molecule has 0 amide bonds. The minimum Gasteiger partial charge on any atom is -0.324 e. The first kappa shape index (κ1) is 14.2. The number of H-pyrrole nitrogens is 1. The third kappa shape index (κ3) is 3.04. The Morgan fingerprint density at radius 1 is 1.20 bits per heavy atom. The van der Waals surface area contributed by atoms with E-state index in [1.54, 1.807) is 0 Å². The maximum absolute atomic E-state index is 12.0. The van der Waals surface area contributed by atoms with Crippen molar-refractivity contribution in [2.24, 2.45) is 0 Å². The molecule has 0 spiro atoms. The molecule has 0 aliphatic carbocycles. The van der Waals surface area contributed by atoms with Gasteiger partial charge in [0.15, 0.2) is 0 Å². The SMILES string of the molecule is CCc1ccccc1Nc1nnc(C(C)(C)C)c(=O)[nH]1. The van der Waals surface area contributed by atoms with E-state index in [0.29, 0.717) is 11.6 Å². The highest BCUT2D eigenvalue weighted by Crippen LogP contribution is 2.19. The van der Waals surface area contributed by atoms with Crippen LogP contribution in [0.5, 0.6) is 0 Å². The van der Waals surface area contributed by atoms with Crippen molar-refractivity contribution in [3.8, 4) is 0 Å². The summed E-state index contributed by atoms with van der Waals surface area (Å²) in [6.45, 7) is 7.89. The van der Waals surface area contributed by atoms with E-state index in [4.69, 9.17) is 0 Å². The van der Waals surface area contributed by atoms with Gasteiger partial charge in [-0.25, -0.2) is 0 Å². The van der Waals surface area contributed by atoms with Crippen LogP contribution in [-0.2, 0) is 11.8 Å². The summed E-state index contributed by atoms with van der Waals surface area (Å²) in [4.78, 5) is 14.8. The van der Waals surface area contributed by atoms with E-state index in [1.807, 2.05) is 45.0 Å². The summed E-state index contributed by atoms with van der Waals surface area (Å²) in [5.41, 5.74) is 2.01. The number of aromatic nitrogens is 3. The van der Waals surface area contributed by atoms with Gasteiger partial charge in [0.2, 0.25) is 5.95 Å². The fraction of sp³-hybridized carbons (Fsp3) is 0.400. The van der Waals surface area contributed by atoms with Crippen LogP contribution in [0.25, 0.3) is 0 Å². The Hall–Kier alpha value is -2.17. The molecule has 5 heteroatoms. The molecular weight excluding hydrogens is 252 g/mol. The highest BCUT2D eigenvalue weighted by atomic mass is 16.1. The van der Waals surface area contributed by atoms with E-state index in [9.17, 15) is 4.79 Å². The quantitative estimate of drug-likeness (QED) is 0.901. The molecule has 1 aromatic carbocycles. The van der Waals surface area contributed by atoms with Gasteiger partial charge in [-0.05, 0) is 18.1 Å². The average Bonchev–Trinajstić information content (AvgIpc) is 2.38. The van der Waals surface area contributed by atoms with Gasteiger partial charge in [0.25, 0.3) is 5.56 Å². The average molecular weight is 272 g/mol. The Morgan fingerprint density at radius 2 is 1.90 bits per heavy atom. The van der Waals surface area contributed by atoms with Crippen molar-refractivity contribution >= 4 is 11.6 Å². The summed E-state index contributed by atoms with van der Waals surface area (Å²) in [6, 6.07) is 7.92. The molecular formula is C15H20N4O. The first-order valence-electron chi connectivity index (χ1n) is 6.74. The Labute approximate surface area is 118 Å². The molecule has 5 nitrogen and oxygen atoms in total. The molecule has 106 valence electrons. The van der Waals surface area contributed by atoms with Gasteiger partial charge in [-0.15, -0.1) is 10.2 Å². The molecule has 0 saturated carbocycles. The second-order valence-electron chi connectivity index (χ2n) is 5.74. The lowest BCUT2D eigenvalue weighted by molar-refractivity contribution is 0.547. The largest absolute Gasteiger partial charge is 0.324 e. The van der Waals surface area contributed by atoms with Crippen molar-refractivity contribution in [1.29, 1.82) is 0 Å². The monoisotopic (exact) mass is 272 g/mol. The summed E-state index contributed by atoms with van der Waals surface area (Å²) in [7, 11) is 0. The Morgan fingerprint density at radius 3 is 2.50 bits per heavy atom. The summed E-state index contributed by atoms with van der Waals surface area (Å²) in [5.74, 6) is 0.365. The number of rotatable bonds is 3. The lowest BCUT2D eigenvalue weighted by Crippen LogP contribution is -2.28. The zero-order valence-electron chi connectivity index (χ0n) is 12.3. The predicted molar refractivity (Wildman–Crippen MR) is 80.5 cm³/mol. The lowest BCUT2D eigenvalue weighted by atomic mass is 9.93. The molecule has 1 aromatic heterocycles. The summed E-state index contributed by atoms with van der Waals surface area (Å²) < 4.78 is 0. The van der Waals surface area contributed by atoms with Crippen molar-refractivity contribution in [2.45, 2.75) is 39.5 Å². The van der Waals surface area contributed by atoms with Crippen molar-refractivity contribution in [3.63, 3.8) is 0 Å². The number of hydrogen-bond acceptors (Lipinski definition) is 4. The molecule has 1 heterocycles. The number of nitrogens with one attached hydrogen (secondary N) is 2. The second-order valence-corrected chi connectivity index (χ2v) is 5.74. The van der Waals surface area contributed by atoms with Crippen molar-refractivity contribution < 1.29 is 0 Å². The third-order valence-electron chi connectivity index (χ3n) is 3.06. The molecule has 2 N–H and O–H groups in total. The summed E-state index contributed by atoms with van der Waals surface area (Å²) >= 11 is 0. The van der Waals surface area contributed by atoms with Gasteiger partial charge in [-0.3, -0.25) is 9.78 Å². The zero-order chi connectivity index (χ0) is 14.8. The molecule has 2 aromatic rings. The smallest absolute Gasteiger partial charge is 0.274 e. The molecule has 0 aliphatic heterocycles. The Kier molecular flexibility index (Phi) is 3.88. The van der Waals surface area contributed by atoms with Gasteiger partial charge < -0.3 is 5.32 Å². The topological polar surface area (TPSA) is 70.7 Å². The van der Waals surface area contributed by atoms with E-state index in [0.717, 1.165) is 17.7 Å². The first-order valence-corrected chi connectivity index (χ1v) is 6.74. The van der Waals surface area contributed by atoms with E-state index >= 15 is 0 Å². The molecule has 20 heavy (non-hydrogen) atoms. The maximum Gasteiger partial charge on any atom is 0.274 e. The predicted octanol–water partition coefficient (Wildman–Crippen LogP) is 2.77. The second kappa shape index (κ2) is 5.45. The zero-order valence-corrected chi connectivity index (χ0v) is 12.3. The van der Waals surface area contributed by atoms with Crippen molar-refractivity contribution in [1.82, 2.24) is 15.2 Å². The van der Waals surface area contributed by atoms with Crippen LogP contribution in [0.4, 0.5) is 11.6 Å². The van der Waals surface area contributed by atoms with Crippen LogP contribution < -0.4 is 10.9 Å². The van der Waals surface area contributed by atoms with Gasteiger partial charge in [0.05, 0.1) is 0 Å². The Balaban J connectivity index is 2.32. The van der Waals surface area contributed by atoms with E-state index in [2.05, 4.69) is 27.4 Å². The van der Waals surface area contributed by atoms with Crippen molar-refractivity contribution in [2.75, 3.05) is 5.32 Å². The number of anilines is 2. The minimum atomic E-state index is -0.319. The van der Waals surface area contributed by atoms with Crippen molar-refractivity contribution in [3.05, 3.63) is 45.9 Å². The lowest BCUT2D eigenvalue weighted by Gasteiger charge is -2.16. The first-order chi connectivity index (χ1) is 9.41. The van der Waals surface area contributed by atoms with Crippen LogP contribution in [0.15, 0.2) is 29.1 Å². The molecule has 0 atom stereocenters. The molecule has 0 unspecified atom stereocenters. The van der Waals surface area contributed by atoms with Crippen LogP contribution >= 0.6 is 0 Å². The van der Waals surface area contributed by atoms with E-state index in [-0.39, 0.29) is 11.0 Å². The normalized spacial score (nSPS) is 11.4. The summed E-state index contributed by atoms with van der Waals surface area (Å²) in [6.07, 6.45) is 0.904. The third-order valence-corrected chi connectivity index (χ3v) is 3.06. The highest BCUT2D eigenvalue weighted by molar-refractivity contribution is 5.58. The van der Waals surface area contributed by atoms with Gasteiger partial charge in [-0.1, -0.05) is 45.9 Å². The minimum absolute atomic E-state index is 0.205. The highest BCUT2D eigenvalue weighted by Gasteiger charge is 2.20. The van der Waals surface area contributed by atoms with Crippen LogP contribution in [-0.4, -0.2) is 15.2 Å². The van der Waals surface area contributed by atoms with Gasteiger partial charge in [-0.2, -0.15) is 0 Å². The Bertz CT molecular complexity index is 655. The van der Waals surface area contributed by atoms with Gasteiger partial charge in [0.1, 0.15) is 5.69 Å². The number of aromatic amines is 1. The number of hydrogen-bond donors (Lipinski definition) is 2. The fourth-order valence-corrected chi connectivity index (χ4v) is 1.96.